The molecule has 142 valence electrons. The maximum absolute atomic E-state index is 12.8. The first-order chi connectivity index (χ1) is 13.6. The van der Waals surface area contributed by atoms with Gasteiger partial charge in [-0.1, -0.05) is 36.4 Å². The molecule has 0 saturated heterocycles. The van der Waals surface area contributed by atoms with Crippen LogP contribution < -0.4 is 4.90 Å². The summed E-state index contributed by atoms with van der Waals surface area (Å²) in [5.41, 5.74) is 2.44. The molecule has 1 unspecified atom stereocenters. The summed E-state index contributed by atoms with van der Waals surface area (Å²) in [5.74, 6) is -0.826. The molecule has 6 nitrogen and oxygen atoms in total. The number of ether oxygens (including phenoxy) is 1. The number of carbonyl (C=O) groups is 2. The number of nitrogens with one attached hydrogen (secondary N) is 1. The normalized spacial score (nSPS) is 11.6. The molecule has 0 bridgehead atoms. The molecule has 1 heterocycles. The number of hydrogen-bond acceptors (Lipinski definition) is 4. The molecule has 2 aromatic carbocycles. The maximum atomic E-state index is 12.8. The number of anilines is 1. The van der Waals surface area contributed by atoms with Crippen molar-refractivity contribution in [1.82, 2.24) is 4.98 Å². The Hall–Kier alpha value is -3.59. The van der Waals surface area contributed by atoms with Crippen molar-refractivity contribution in [2.45, 2.75) is 25.9 Å². The van der Waals surface area contributed by atoms with E-state index in [4.69, 9.17) is 10.00 Å². The van der Waals surface area contributed by atoms with Gasteiger partial charge in [0.25, 0.3) is 5.91 Å². The number of nitriles is 1. The van der Waals surface area contributed by atoms with E-state index in [1.54, 1.807) is 25.3 Å². The number of amides is 1. The molecular formula is C22H21N3O3. The third kappa shape index (κ3) is 4.38. The molecule has 0 spiro atoms. The van der Waals surface area contributed by atoms with E-state index in [9.17, 15) is 9.59 Å². The highest BCUT2D eigenvalue weighted by Gasteiger charge is 2.25. The number of aromatic amines is 1. The summed E-state index contributed by atoms with van der Waals surface area (Å²) < 4.78 is 5.39. The lowest BCUT2D eigenvalue weighted by Gasteiger charge is -2.25. The lowest BCUT2D eigenvalue weighted by Crippen LogP contribution is -2.40. The summed E-state index contributed by atoms with van der Waals surface area (Å²) in [7, 11) is 0. The van der Waals surface area contributed by atoms with Crippen LogP contribution in [0, 0.1) is 11.3 Å². The second kappa shape index (κ2) is 8.87. The van der Waals surface area contributed by atoms with Crippen LogP contribution in [0.15, 0.2) is 60.8 Å². The van der Waals surface area contributed by atoms with Crippen molar-refractivity contribution < 1.29 is 14.3 Å². The fraction of sp³-hybridized carbons (Fsp3) is 0.227. The van der Waals surface area contributed by atoms with Gasteiger partial charge in [-0.3, -0.25) is 9.59 Å². The number of rotatable bonds is 7. The first kappa shape index (κ1) is 19.2. The Morgan fingerprint density at radius 1 is 1.14 bits per heavy atom. The Morgan fingerprint density at radius 3 is 2.61 bits per heavy atom. The summed E-state index contributed by atoms with van der Waals surface area (Å²) in [5, 5.41) is 9.84. The average molecular weight is 375 g/mol. The van der Waals surface area contributed by atoms with Crippen LogP contribution >= 0.6 is 0 Å². The lowest BCUT2D eigenvalue weighted by atomic mass is 10.1. The molecule has 3 rings (SSSR count). The van der Waals surface area contributed by atoms with Crippen LogP contribution in [0.25, 0.3) is 10.9 Å². The summed E-state index contributed by atoms with van der Waals surface area (Å²) in [6.07, 6.45) is 1.10. The zero-order valence-corrected chi connectivity index (χ0v) is 15.6. The van der Waals surface area contributed by atoms with Crippen LogP contribution in [-0.4, -0.2) is 29.5 Å². The smallest absolute Gasteiger partial charge is 0.311 e. The van der Waals surface area contributed by atoms with Gasteiger partial charge in [0.05, 0.1) is 18.9 Å². The minimum atomic E-state index is -0.948. The Kier molecular flexibility index (Phi) is 6.07. The third-order valence-electron chi connectivity index (χ3n) is 4.45. The van der Waals surface area contributed by atoms with Crippen molar-refractivity contribution in [2.75, 3.05) is 11.4 Å². The van der Waals surface area contributed by atoms with Gasteiger partial charge in [0.2, 0.25) is 0 Å². The Bertz CT molecular complexity index is 1000. The third-order valence-corrected chi connectivity index (χ3v) is 4.45. The predicted molar refractivity (Wildman–Crippen MR) is 107 cm³/mol. The largest absolute Gasteiger partial charge is 0.452 e. The summed E-state index contributed by atoms with van der Waals surface area (Å²) in [6.45, 7) is 1.79. The Balaban J connectivity index is 1.67. The number of aromatic nitrogens is 1. The molecule has 0 aliphatic carbocycles. The molecule has 1 amide bonds. The van der Waals surface area contributed by atoms with E-state index in [1.165, 1.54) is 4.90 Å². The number of carbonyl (C=O) groups excluding carboxylic acids is 2. The van der Waals surface area contributed by atoms with E-state index in [-0.39, 0.29) is 25.3 Å². The SMILES string of the molecule is CC(OC(=O)Cc1c[nH]c2ccccc12)C(=O)N(CCC#N)c1ccccc1. The van der Waals surface area contributed by atoms with Crippen LogP contribution in [0.3, 0.4) is 0 Å². The molecule has 0 radical (unpaired) electrons. The fourth-order valence-corrected chi connectivity index (χ4v) is 3.08. The van der Waals surface area contributed by atoms with Crippen LogP contribution in [-0.2, 0) is 20.7 Å². The quantitative estimate of drug-likeness (QED) is 0.640. The highest BCUT2D eigenvalue weighted by atomic mass is 16.5. The molecule has 0 fully saturated rings. The Morgan fingerprint density at radius 2 is 1.86 bits per heavy atom. The summed E-state index contributed by atoms with van der Waals surface area (Å²) in [4.78, 5) is 29.8. The maximum Gasteiger partial charge on any atom is 0.311 e. The van der Waals surface area contributed by atoms with Crippen molar-refractivity contribution >= 4 is 28.5 Å². The highest BCUT2D eigenvalue weighted by molar-refractivity contribution is 5.97. The van der Waals surface area contributed by atoms with Crippen molar-refractivity contribution in [2.24, 2.45) is 0 Å². The number of fused-ring (bicyclic) bond motifs is 1. The molecule has 0 aliphatic rings. The second-order valence-electron chi connectivity index (χ2n) is 6.40. The number of benzene rings is 2. The highest BCUT2D eigenvalue weighted by Crippen LogP contribution is 2.19. The molecule has 1 aromatic heterocycles. The van der Waals surface area contributed by atoms with Crippen molar-refractivity contribution in [1.29, 1.82) is 5.26 Å². The monoisotopic (exact) mass is 375 g/mol. The van der Waals surface area contributed by atoms with E-state index in [0.717, 1.165) is 16.5 Å². The number of H-pyrrole nitrogens is 1. The van der Waals surface area contributed by atoms with Gasteiger partial charge in [-0.2, -0.15) is 5.26 Å². The molecule has 6 heteroatoms. The van der Waals surface area contributed by atoms with E-state index < -0.39 is 12.1 Å². The first-order valence-electron chi connectivity index (χ1n) is 9.08. The summed E-state index contributed by atoms with van der Waals surface area (Å²) >= 11 is 0. The zero-order valence-electron chi connectivity index (χ0n) is 15.6. The van der Waals surface area contributed by atoms with Gasteiger partial charge in [0.15, 0.2) is 6.10 Å². The van der Waals surface area contributed by atoms with Gasteiger partial charge < -0.3 is 14.6 Å². The van der Waals surface area contributed by atoms with Gasteiger partial charge >= 0.3 is 5.97 Å². The first-order valence-corrected chi connectivity index (χ1v) is 9.08. The van der Waals surface area contributed by atoms with Crippen molar-refractivity contribution in [3.05, 3.63) is 66.4 Å². The van der Waals surface area contributed by atoms with Crippen molar-refractivity contribution in [3.8, 4) is 6.07 Å². The van der Waals surface area contributed by atoms with Gasteiger partial charge in [-0.05, 0) is 30.7 Å². The standard InChI is InChI=1S/C22H21N3O3/c1-16(22(27)25(13-7-12-23)18-8-3-2-4-9-18)28-21(26)14-17-15-24-20-11-6-5-10-19(17)20/h2-6,8-11,15-16,24H,7,13-14H2,1H3. The van der Waals surface area contributed by atoms with Crippen LogP contribution in [0.1, 0.15) is 18.9 Å². The molecule has 28 heavy (non-hydrogen) atoms. The second-order valence-corrected chi connectivity index (χ2v) is 6.40. The van der Waals surface area contributed by atoms with Crippen molar-refractivity contribution in [3.63, 3.8) is 0 Å². The van der Waals surface area contributed by atoms with Gasteiger partial charge in [0, 0.05) is 29.3 Å². The van der Waals surface area contributed by atoms with E-state index in [1.807, 2.05) is 48.5 Å². The lowest BCUT2D eigenvalue weighted by molar-refractivity contribution is -0.153. The molecule has 0 aliphatic heterocycles. The van der Waals surface area contributed by atoms with Gasteiger partial charge in [-0.15, -0.1) is 0 Å². The minimum Gasteiger partial charge on any atom is -0.452 e. The Labute approximate surface area is 163 Å². The van der Waals surface area contributed by atoms with Gasteiger partial charge in [-0.25, -0.2) is 0 Å². The molecule has 1 N–H and O–H groups in total. The van der Waals surface area contributed by atoms with E-state index in [0.29, 0.717) is 5.69 Å². The van der Waals surface area contributed by atoms with Gasteiger partial charge in [0.1, 0.15) is 0 Å². The van der Waals surface area contributed by atoms with Crippen LogP contribution in [0.4, 0.5) is 5.69 Å². The van der Waals surface area contributed by atoms with Crippen LogP contribution in [0.5, 0.6) is 0 Å². The topological polar surface area (TPSA) is 86.2 Å². The summed E-state index contributed by atoms with van der Waals surface area (Å²) in [6, 6.07) is 18.8. The molecule has 3 aromatic rings. The molecule has 1 atom stereocenters. The molecule has 0 saturated carbocycles. The van der Waals surface area contributed by atoms with Crippen LogP contribution in [0.2, 0.25) is 0 Å². The zero-order chi connectivity index (χ0) is 19.9. The number of para-hydroxylation sites is 2. The van der Waals surface area contributed by atoms with E-state index in [2.05, 4.69) is 4.98 Å². The number of nitrogens with zero attached hydrogens (tertiary/aromatic N) is 2. The average Bonchev–Trinajstić information content (AvgIpc) is 3.11. The molecular weight excluding hydrogens is 354 g/mol. The number of hydrogen-bond donors (Lipinski definition) is 1. The predicted octanol–water partition coefficient (Wildman–Crippen LogP) is 3.59. The number of esters is 1. The fourth-order valence-electron chi connectivity index (χ4n) is 3.08. The van der Waals surface area contributed by atoms with E-state index >= 15 is 0 Å². The minimum absolute atomic E-state index is 0.0746.